The number of hydrogen-bond donors (Lipinski definition) is 1. The zero-order valence-corrected chi connectivity index (χ0v) is 18.1. The molecule has 1 heterocycles. The Hall–Kier alpha value is -3.06. The highest BCUT2D eigenvalue weighted by Crippen LogP contribution is 2.32. The SMILES string of the molecule is CCCn1c(-c2ccc(F)cc2)c(/C=C/C(O)CC(=O)CC(=O)[O-])c2c(c1=O)CCCC2. The fraction of sp³-hybridized carbons (Fsp3) is 0.400. The molecule has 0 saturated heterocycles. The first-order chi connectivity index (χ1) is 15.3. The number of carboxylic acids is 1. The molecule has 1 aliphatic carbocycles. The van der Waals surface area contributed by atoms with Crippen molar-refractivity contribution in [1.29, 1.82) is 0 Å². The van der Waals surface area contributed by atoms with Crippen molar-refractivity contribution in [3.8, 4) is 11.3 Å². The molecule has 1 aromatic heterocycles. The van der Waals surface area contributed by atoms with E-state index in [1.807, 2.05) is 6.92 Å². The number of carboxylic acid groups (broad SMARTS) is 1. The third-order valence-electron chi connectivity index (χ3n) is 5.65. The van der Waals surface area contributed by atoms with Crippen molar-refractivity contribution in [2.24, 2.45) is 0 Å². The van der Waals surface area contributed by atoms with Gasteiger partial charge in [-0.3, -0.25) is 9.59 Å². The Labute approximate surface area is 186 Å². The lowest BCUT2D eigenvalue weighted by atomic mass is 9.86. The van der Waals surface area contributed by atoms with E-state index in [9.17, 15) is 29.0 Å². The van der Waals surface area contributed by atoms with Crippen LogP contribution in [0.4, 0.5) is 4.39 Å². The van der Waals surface area contributed by atoms with Crippen LogP contribution in [-0.4, -0.2) is 27.5 Å². The van der Waals surface area contributed by atoms with Crippen LogP contribution in [0.2, 0.25) is 0 Å². The van der Waals surface area contributed by atoms with E-state index in [2.05, 4.69) is 0 Å². The lowest BCUT2D eigenvalue weighted by Gasteiger charge is -2.25. The average molecular weight is 440 g/mol. The monoisotopic (exact) mass is 440 g/mol. The second-order valence-electron chi connectivity index (χ2n) is 8.11. The summed E-state index contributed by atoms with van der Waals surface area (Å²) in [5.41, 5.74) is 3.75. The standard InChI is InChI=1S/C25H28FNO5/c1-2-13-27-24(16-7-9-17(26)10-8-16)21(20-5-3-4-6-22(20)25(27)32)12-11-18(28)14-19(29)15-23(30)31/h7-12,18,28H,2-6,13-15H2,1H3,(H,30,31)/p-1/b12-11+. The minimum Gasteiger partial charge on any atom is -0.550 e. The van der Waals surface area contributed by atoms with Gasteiger partial charge in [0.05, 0.1) is 11.8 Å². The van der Waals surface area contributed by atoms with E-state index < -0.39 is 24.3 Å². The largest absolute Gasteiger partial charge is 0.550 e. The number of benzene rings is 1. The van der Waals surface area contributed by atoms with Crippen LogP contribution >= 0.6 is 0 Å². The highest BCUT2D eigenvalue weighted by molar-refractivity contribution is 5.94. The predicted octanol–water partition coefficient (Wildman–Crippen LogP) is 2.42. The van der Waals surface area contributed by atoms with Gasteiger partial charge in [-0.2, -0.15) is 0 Å². The van der Waals surface area contributed by atoms with Crippen molar-refractivity contribution in [2.45, 2.75) is 64.5 Å². The van der Waals surface area contributed by atoms with Crippen LogP contribution in [0.15, 0.2) is 35.1 Å². The molecule has 0 spiro atoms. The second kappa shape index (κ2) is 10.5. The van der Waals surface area contributed by atoms with Gasteiger partial charge in [0.25, 0.3) is 5.56 Å². The summed E-state index contributed by atoms with van der Waals surface area (Å²) in [4.78, 5) is 35.6. The number of carbonyl (C=O) groups excluding carboxylic acids is 2. The summed E-state index contributed by atoms with van der Waals surface area (Å²) >= 11 is 0. The zero-order valence-electron chi connectivity index (χ0n) is 18.1. The van der Waals surface area contributed by atoms with Gasteiger partial charge < -0.3 is 19.6 Å². The molecule has 0 bridgehead atoms. The molecule has 6 nitrogen and oxygen atoms in total. The van der Waals surface area contributed by atoms with Crippen LogP contribution in [0.5, 0.6) is 0 Å². The van der Waals surface area contributed by atoms with E-state index in [1.165, 1.54) is 18.2 Å². The Balaban J connectivity index is 2.13. The second-order valence-corrected chi connectivity index (χ2v) is 8.11. The number of Topliss-reactive ketones (excluding diaryl/α,β-unsaturated/α-hetero) is 1. The van der Waals surface area contributed by atoms with Gasteiger partial charge in [-0.05, 0) is 67.5 Å². The summed E-state index contributed by atoms with van der Waals surface area (Å²) in [7, 11) is 0. The summed E-state index contributed by atoms with van der Waals surface area (Å²) in [6, 6.07) is 5.94. The van der Waals surface area contributed by atoms with Gasteiger partial charge in [0.2, 0.25) is 0 Å². The molecule has 1 unspecified atom stereocenters. The molecule has 32 heavy (non-hydrogen) atoms. The zero-order chi connectivity index (χ0) is 23.3. The van der Waals surface area contributed by atoms with Gasteiger partial charge in [0.15, 0.2) is 0 Å². The lowest BCUT2D eigenvalue weighted by Crippen LogP contribution is -2.30. The molecule has 2 aromatic rings. The van der Waals surface area contributed by atoms with Crippen LogP contribution in [-0.2, 0) is 29.0 Å². The Morgan fingerprint density at radius 3 is 2.47 bits per heavy atom. The molecule has 1 aliphatic rings. The van der Waals surface area contributed by atoms with E-state index in [-0.39, 0.29) is 17.8 Å². The van der Waals surface area contributed by atoms with Crippen LogP contribution < -0.4 is 10.7 Å². The Morgan fingerprint density at radius 1 is 1.19 bits per heavy atom. The van der Waals surface area contributed by atoms with Crippen molar-refractivity contribution >= 4 is 17.8 Å². The lowest BCUT2D eigenvalue weighted by molar-refractivity contribution is -0.304. The van der Waals surface area contributed by atoms with Gasteiger partial charge in [-0.25, -0.2) is 4.39 Å². The minimum atomic E-state index is -1.48. The Morgan fingerprint density at radius 2 is 1.84 bits per heavy atom. The molecule has 7 heteroatoms. The first-order valence-corrected chi connectivity index (χ1v) is 10.9. The number of carbonyl (C=O) groups is 2. The minimum absolute atomic E-state index is 0.0392. The number of fused-ring (bicyclic) bond motifs is 1. The maximum Gasteiger partial charge on any atom is 0.254 e. The van der Waals surface area contributed by atoms with Crippen LogP contribution in [0.3, 0.4) is 0 Å². The van der Waals surface area contributed by atoms with Gasteiger partial charge in [-0.15, -0.1) is 0 Å². The molecule has 170 valence electrons. The molecule has 0 aliphatic heterocycles. The number of hydrogen-bond acceptors (Lipinski definition) is 5. The number of pyridine rings is 1. The third kappa shape index (κ3) is 5.40. The summed E-state index contributed by atoms with van der Waals surface area (Å²) in [6.07, 6.45) is 4.87. The summed E-state index contributed by atoms with van der Waals surface area (Å²) in [6.45, 7) is 2.47. The van der Waals surface area contributed by atoms with E-state index >= 15 is 0 Å². The first-order valence-electron chi connectivity index (χ1n) is 10.9. The summed E-state index contributed by atoms with van der Waals surface area (Å²) in [5, 5.41) is 20.9. The first kappa shape index (κ1) is 23.6. The van der Waals surface area contributed by atoms with Gasteiger partial charge in [0.1, 0.15) is 11.6 Å². The number of aromatic nitrogens is 1. The fourth-order valence-corrected chi connectivity index (χ4v) is 4.27. The highest BCUT2D eigenvalue weighted by atomic mass is 19.1. The fourth-order valence-electron chi connectivity index (χ4n) is 4.27. The molecule has 1 atom stereocenters. The quantitative estimate of drug-likeness (QED) is 0.604. The number of nitrogens with zero attached hydrogens (tertiary/aromatic N) is 1. The average Bonchev–Trinajstić information content (AvgIpc) is 2.75. The smallest absolute Gasteiger partial charge is 0.254 e. The topological polar surface area (TPSA) is 99.4 Å². The van der Waals surface area contributed by atoms with Crippen LogP contribution in [0.1, 0.15) is 55.7 Å². The van der Waals surface area contributed by atoms with Gasteiger partial charge in [0, 0.05) is 36.5 Å². The van der Waals surface area contributed by atoms with Crippen molar-refractivity contribution in [2.75, 3.05) is 0 Å². The molecule has 1 aromatic carbocycles. The third-order valence-corrected chi connectivity index (χ3v) is 5.65. The number of rotatable bonds is 9. The number of ketones is 1. The number of aliphatic carboxylic acids is 1. The van der Waals surface area contributed by atoms with Crippen LogP contribution in [0, 0.1) is 5.82 Å². The molecule has 0 saturated carbocycles. The Kier molecular flexibility index (Phi) is 7.75. The molecule has 0 radical (unpaired) electrons. The van der Waals surface area contributed by atoms with E-state index in [0.29, 0.717) is 30.6 Å². The summed E-state index contributed by atoms with van der Waals surface area (Å²) in [5.74, 6) is -2.49. The van der Waals surface area contributed by atoms with Crippen molar-refractivity contribution < 1.29 is 24.2 Å². The number of aliphatic hydroxyl groups excluding tert-OH is 1. The number of halogens is 1. The summed E-state index contributed by atoms with van der Waals surface area (Å²) < 4.78 is 15.3. The molecule has 0 amide bonds. The Bertz CT molecular complexity index is 1080. The molecule has 3 rings (SSSR count). The molecule has 1 N–H and O–H groups in total. The number of aliphatic hydroxyl groups is 1. The molecule has 0 fully saturated rings. The van der Waals surface area contributed by atoms with Crippen molar-refractivity contribution in [3.63, 3.8) is 0 Å². The maximum atomic E-state index is 13.6. The molecular formula is C25H27FNO5-. The molecular weight excluding hydrogens is 413 g/mol. The van der Waals surface area contributed by atoms with E-state index in [4.69, 9.17) is 0 Å². The van der Waals surface area contributed by atoms with Gasteiger partial charge >= 0.3 is 0 Å². The van der Waals surface area contributed by atoms with E-state index in [0.717, 1.165) is 36.0 Å². The van der Waals surface area contributed by atoms with Crippen LogP contribution in [0.25, 0.3) is 17.3 Å². The normalized spacial score (nSPS) is 14.3. The maximum absolute atomic E-state index is 13.6. The highest BCUT2D eigenvalue weighted by Gasteiger charge is 2.23. The van der Waals surface area contributed by atoms with Gasteiger partial charge in [-0.1, -0.05) is 19.1 Å². The predicted molar refractivity (Wildman–Crippen MR) is 117 cm³/mol. The van der Waals surface area contributed by atoms with Crippen molar-refractivity contribution in [1.82, 2.24) is 4.57 Å². The van der Waals surface area contributed by atoms with E-state index in [1.54, 1.807) is 22.8 Å². The van der Waals surface area contributed by atoms with Crippen molar-refractivity contribution in [3.05, 3.63) is 63.2 Å².